The van der Waals surface area contributed by atoms with Crippen LogP contribution in [0.4, 0.5) is 13.2 Å². The molecule has 2 amide bonds. The van der Waals surface area contributed by atoms with E-state index >= 15 is 0 Å². The van der Waals surface area contributed by atoms with Gasteiger partial charge in [0.2, 0.25) is 5.91 Å². The first-order valence-corrected chi connectivity index (χ1v) is 7.62. The molecule has 0 aromatic carbocycles. The highest BCUT2D eigenvalue weighted by Crippen LogP contribution is 2.24. The summed E-state index contributed by atoms with van der Waals surface area (Å²) in [7, 11) is 0. The first-order valence-electron chi connectivity index (χ1n) is 7.62. The highest BCUT2D eigenvalue weighted by Gasteiger charge is 2.43. The number of nitrogens with zero attached hydrogens (tertiary/aromatic N) is 1. The van der Waals surface area contributed by atoms with Crippen molar-refractivity contribution < 1.29 is 22.8 Å². The number of hydrogen-bond donors (Lipinski definition) is 1. The smallest absolute Gasteiger partial charge is 0.356 e. The molecule has 0 radical (unpaired) electrons. The van der Waals surface area contributed by atoms with Crippen LogP contribution in [0.15, 0.2) is 0 Å². The van der Waals surface area contributed by atoms with Crippen LogP contribution in [0.2, 0.25) is 0 Å². The van der Waals surface area contributed by atoms with Crippen LogP contribution >= 0.6 is 0 Å². The molecule has 0 aromatic heterocycles. The zero-order chi connectivity index (χ0) is 17.0. The molecule has 1 heterocycles. The van der Waals surface area contributed by atoms with E-state index in [4.69, 9.17) is 0 Å². The van der Waals surface area contributed by atoms with Crippen LogP contribution in [0.1, 0.15) is 46.5 Å². The molecule has 1 aliphatic heterocycles. The Balaban J connectivity index is 2.26. The largest absolute Gasteiger partial charge is 0.471 e. The van der Waals surface area contributed by atoms with Crippen LogP contribution in [0.25, 0.3) is 0 Å². The zero-order valence-electron chi connectivity index (χ0n) is 13.4. The number of nitrogens with one attached hydrogen (secondary N) is 1. The van der Waals surface area contributed by atoms with E-state index in [0.29, 0.717) is 25.8 Å². The molecule has 1 rings (SSSR count). The van der Waals surface area contributed by atoms with E-state index < -0.39 is 12.1 Å². The number of carbonyl (C=O) groups excluding carboxylic acids is 2. The van der Waals surface area contributed by atoms with Gasteiger partial charge in [-0.1, -0.05) is 20.8 Å². The Bertz CT molecular complexity index is 395. The molecule has 0 bridgehead atoms. The Kier molecular flexibility index (Phi) is 6.26. The van der Waals surface area contributed by atoms with Crippen molar-refractivity contribution in [3.05, 3.63) is 0 Å². The zero-order valence-corrected chi connectivity index (χ0v) is 13.4. The summed E-state index contributed by atoms with van der Waals surface area (Å²) in [5.74, 6) is -1.65. The molecule has 0 spiro atoms. The van der Waals surface area contributed by atoms with Crippen molar-refractivity contribution in [1.82, 2.24) is 10.2 Å². The Hall–Kier alpha value is -1.27. The molecule has 0 saturated carbocycles. The maximum atomic E-state index is 12.3. The van der Waals surface area contributed by atoms with Crippen molar-refractivity contribution in [3.63, 3.8) is 0 Å². The van der Waals surface area contributed by atoms with Crippen molar-refractivity contribution in [2.45, 2.75) is 52.6 Å². The topological polar surface area (TPSA) is 49.4 Å². The molecule has 0 unspecified atom stereocenters. The van der Waals surface area contributed by atoms with Gasteiger partial charge in [-0.25, -0.2) is 0 Å². The van der Waals surface area contributed by atoms with Gasteiger partial charge in [0.05, 0.1) is 0 Å². The van der Waals surface area contributed by atoms with Gasteiger partial charge in [-0.2, -0.15) is 13.2 Å². The summed E-state index contributed by atoms with van der Waals surface area (Å²) < 4.78 is 37.0. The average molecular weight is 322 g/mol. The third-order valence-electron chi connectivity index (χ3n) is 3.83. The van der Waals surface area contributed by atoms with Gasteiger partial charge in [0.25, 0.3) is 0 Å². The van der Waals surface area contributed by atoms with Crippen LogP contribution < -0.4 is 5.32 Å². The highest BCUT2D eigenvalue weighted by atomic mass is 19.4. The minimum absolute atomic E-state index is 0.0243. The molecule has 0 aromatic rings. The molecule has 0 atom stereocenters. The first kappa shape index (κ1) is 18.8. The highest BCUT2D eigenvalue weighted by molar-refractivity contribution is 5.81. The van der Waals surface area contributed by atoms with E-state index in [-0.39, 0.29) is 30.3 Å². The van der Waals surface area contributed by atoms with Crippen molar-refractivity contribution in [3.8, 4) is 0 Å². The van der Waals surface area contributed by atoms with Crippen LogP contribution in [-0.2, 0) is 9.59 Å². The van der Waals surface area contributed by atoms with E-state index in [0.717, 1.165) is 11.3 Å². The summed E-state index contributed by atoms with van der Waals surface area (Å²) in [5.41, 5.74) is 0.0979. The second-order valence-corrected chi connectivity index (χ2v) is 7.10. The Morgan fingerprint density at radius 3 is 2.14 bits per heavy atom. The van der Waals surface area contributed by atoms with Gasteiger partial charge < -0.3 is 10.2 Å². The molecule has 1 N–H and O–H groups in total. The molecule has 1 fully saturated rings. The first-order chi connectivity index (χ1) is 9.99. The molecular weight excluding hydrogens is 297 g/mol. The second-order valence-electron chi connectivity index (χ2n) is 7.10. The minimum atomic E-state index is -4.80. The lowest BCUT2D eigenvalue weighted by Crippen LogP contribution is -2.46. The molecular formula is C15H25F3N2O2. The van der Waals surface area contributed by atoms with Gasteiger partial charge in [0, 0.05) is 26.1 Å². The van der Waals surface area contributed by atoms with Crippen molar-refractivity contribution in [2.24, 2.45) is 11.3 Å². The number of alkyl halides is 3. The van der Waals surface area contributed by atoms with E-state index in [1.807, 2.05) is 0 Å². The number of piperidine rings is 1. The number of hydrogen-bond acceptors (Lipinski definition) is 2. The SMILES string of the molecule is CC(C)(C)CCC(=O)NCC1CCN(C(=O)C(F)(F)F)CC1. The lowest BCUT2D eigenvalue weighted by Gasteiger charge is -2.32. The van der Waals surface area contributed by atoms with E-state index in [2.05, 4.69) is 26.1 Å². The predicted octanol–water partition coefficient (Wildman–Crippen LogP) is 2.73. The molecule has 128 valence electrons. The fraction of sp³-hybridized carbons (Fsp3) is 0.867. The van der Waals surface area contributed by atoms with Crippen LogP contribution in [0.3, 0.4) is 0 Å². The van der Waals surface area contributed by atoms with Gasteiger partial charge in [-0.3, -0.25) is 9.59 Å². The Morgan fingerprint density at radius 2 is 1.68 bits per heavy atom. The molecule has 22 heavy (non-hydrogen) atoms. The van der Waals surface area contributed by atoms with Crippen molar-refractivity contribution in [1.29, 1.82) is 0 Å². The number of rotatable bonds is 4. The molecule has 1 aliphatic rings. The lowest BCUT2D eigenvalue weighted by atomic mass is 9.90. The van der Waals surface area contributed by atoms with Gasteiger partial charge in [-0.15, -0.1) is 0 Å². The Morgan fingerprint density at radius 1 is 1.14 bits per heavy atom. The third-order valence-corrected chi connectivity index (χ3v) is 3.83. The van der Waals surface area contributed by atoms with Crippen LogP contribution in [0, 0.1) is 11.3 Å². The monoisotopic (exact) mass is 322 g/mol. The van der Waals surface area contributed by atoms with Crippen LogP contribution in [0.5, 0.6) is 0 Å². The van der Waals surface area contributed by atoms with E-state index in [1.165, 1.54) is 0 Å². The van der Waals surface area contributed by atoms with Crippen molar-refractivity contribution >= 4 is 11.8 Å². The van der Waals surface area contributed by atoms with E-state index in [1.54, 1.807) is 0 Å². The minimum Gasteiger partial charge on any atom is -0.356 e. The van der Waals surface area contributed by atoms with Gasteiger partial charge in [0.1, 0.15) is 0 Å². The molecule has 1 saturated heterocycles. The fourth-order valence-corrected chi connectivity index (χ4v) is 2.35. The quantitative estimate of drug-likeness (QED) is 0.865. The summed E-state index contributed by atoms with van der Waals surface area (Å²) in [5, 5.41) is 2.83. The number of carbonyl (C=O) groups is 2. The average Bonchev–Trinajstić information content (AvgIpc) is 2.41. The predicted molar refractivity (Wildman–Crippen MR) is 77.1 cm³/mol. The molecule has 7 heteroatoms. The summed E-state index contributed by atoms with van der Waals surface area (Å²) >= 11 is 0. The third kappa shape index (κ3) is 6.66. The van der Waals surface area contributed by atoms with Crippen LogP contribution in [-0.4, -0.2) is 42.5 Å². The van der Waals surface area contributed by atoms with Crippen molar-refractivity contribution in [2.75, 3.05) is 19.6 Å². The summed E-state index contributed by atoms with van der Waals surface area (Å²) in [6.45, 7) is 6.85. The Labute approximate surface area is 129 Å². The number of likely N-dealkylation sites (tertiary alicyclic amines) is 1. The maximum Gasteiger partial charge on any atom is 0.471 e. The molecule has 4 nitrogen and oxygen atoms in total. The summed E-state index contributed by atoms with van der Waals surface area (Å²) in [4.78, 5) is 23.7. The molecule has 0 aliphatic carbocycles. The van der Waals surface area contributed by atoms with Gasteiger partial charge >= 0.3 is 12.1 Å². The van der Waals surface area contributed by atoms with Gasteiger partial charge in [0.15, 0.2) is 0 Å². The second kappa shape index (κ2) is 7.33. The lowest BCUT2D eigenvalue weighted by molar-refractivity contribution is -0.186. The van der Waals surface area contributed by atoms with Gasteiger partial charge in [-0.05, 0) is 30.6 Å². The number of halogens is 3. The fourth-order valence-electron chi connectivity index (χ4n) is 2.35. The normalized spacial score (nSPS) is 17.5. The summed E-state index contributed by atoms with van der Waals surface area (Å²) in [6.07, 6.45) is -2.58. The maximum absolute atomic E-state index is 12.3. The van der Waals surface area contributed by atoms with E-state index in [9.17, 15) is 22.8 Å². The standard InChI is InChI=1S/C15H25F3N2O2/c1-14(2,3)7-4-12(21)19-10-11-5-8-20(9-6-11)13(22)15(16,17)18/h11H,4-10H2,1-3H3,(H,19,21). The summed E-state index contributed by atoms with van der Waals surface area (Å²) in [6, 6.07) is 0. The number of amides is 2.